The molecule has 1 heterocycles. The van der Waals surface area contributed by atoms with Crippen molar-refractivity contribution >= 4 is 28.5 Å². The number of aromatic nitrogens is 1. The minimum absolute atomic E-state index is 0.157. The largest absolute Gasteiger partial charge is 0.422 e. The Morgan fingerprint density at radius 1 is 1.07 bits per heavy atom. The Morgan fingerprint density at radius 2 is 1.79 bits per heavy atom. The topological polar surface area (TPSA) is 71.2 Å². The van der Waals surface area contributed by atoms with E-state index >= 15 is 0 Å². The maximum atomic E-state index is 12.6. The van der Waals surface area contributed by atoms with E-state index in [2.05, 4.69) is 31.4 Å². The average Bonchev–Trinajstić information content (AvgIpc) is 3.04. The van der Waals surface area contributed by atoms with Crippen molar-refractivity contribution in [3.05, 3.63) is 59.8 Å². The molecule has 0 radical (unpaired) electrons. The second-order valence-corrected chi connectivity index (χ2v) is 7.90. The lowest BCUT2D eigenvalue weighted by atomic mass is 10.1. The third-order valence-electron chi connectivity index (χ3n) is 4.44. The Bertz CT molecular complexity index is 998. The number of carbonyl (C=O) groups excluding carboxylic acids is 2. The van der Waals surface area contributed by atoms with E-state index in [0.717, 1.165) is 33.9 Å². The summed E-state index contributed by atoms with van der Waals surface area (Å²) in [7, 11) is 6.46. The summed E-state index contributed by atoms with van der Waals surface area (Å²) in [5.41, 5.74) is 3.14. The SMILES string of the molecule is CC(=O)Nc1ccc(C(=O)Oc2cccc3[nH]cc(CC[N+](C)(C)C)c23)cc1. The summed E-state index contributed by atoms with van der Waals surface area (Å²) in [5, 5.41) is 3.62. The summed E-state index contributed by atoms with van der Waals surface area (Å²) in [5.74, 6) is -0.0393. The summed E-state index contributed by atoms with van der Waals surface area (Å²) in [4.78, 5) is 27.0. The zero-order chi connectivity index (χ0) is 20.3. The van der Waals surface area contributed by atoms with Gasteiger partial charge in [-0.15, -0.1) is 0 Å². The molecule has 3 aromatic rings. The Morgan fingerprint density at radius 3 is 2.43 bits per heavy atom. The number of esters is 1. The van der Waals surface area contributed by atoms with Crippen LogP contribution >= 0.6 is 0 Å². The number of H-pyrrole nitrogens is 1. The van der Waals surface area contributed by atoms with Crippen LogP contribution in [0, 0.1) is 0 Å². The Hall–Kier alpha value is -3.12. The number of anilines is 1. The van der Waals surface area contributed by atoms with Gasteiger partial charge in [0.2, 0.25) is 5.91 Å². The molecule has 6 nitrogen and oxygen atoms in total. The number of hydrogen-bond donors (Lipinski definition) is 2. The maximum Gasteiger partial charge on any atom is 0.343 e. The molecule has 0 spiro atoms. The highest BCUT2D eigenvalue weighted by molar-refractivity contribution is 5.96. The van der Waals surface area contributed by atoms with Crippen LogP contribution < -0.4 is 10.1 Å². The Kier molecular flexibility index (Phi) is 5.51. The van der Waals surface area contributed by atoms with Crippen molar-refractivity contribution in [1.29, 1.82) is 0 Å². The van der Waals surface area contributed by atoms with E-state index in [0.29, 0.717) is 17.0 Å². The van der Waals surface area contributed by atoms with Crippen LogP contribution in [0.5, 0.6) is 5.75 Å². The summed E-state index contributed by atoms with van der Waals surface area (Å²) >= 11 is 0. The molecule has 28 heavy (non-hydrogen) atoms. The number of ether oxygens (including phenoxy) is 1. The van der Waals surface area contributed by atoms with E-state index in [1.165, 1.54) is 6.92 Å². The predicted octanol–water partition coefficient (Wildman–Crippen LogP) is 3.59. The van der Waals surface area contributed by atoms with E-state index in [1.807, 2.05) is 24.4 Å². The molecule has 6 heteroatoms. The minimum Gasteiger partial charge on any atom is -0.422 e. The van der Waals surface area contributed by atoms with E-state index in [-0.39, 0.29) is 5.91 Å². The smallest absolute Gasteiger partial charge is 0.343 e. The number of rotatable bonds is 6. The van der Waals surface area contributed by atoms with Gasteiger partial charge >= 0.3 is 5.97 Å². The third kappa shape index (κ3) is 4.78. The third-order valence-corrected chi connectivity index (χ3v) is 4.44. The maximum absolute atomic E-state index is 12.6. The first-order valence-electron chi connectivity index (χ1n) is 9.22. The fourth-order valence-corrected chi connectivity index (χ4v) is 3.01. The number of benzene rings is 2. The van der Waals surface area contributed by atoms with E-state index in [4.69, 9.17) is 4.74 Å². The monoisotopic (exact) mass is 380 g/mol. The van der Waals surface area contributed by atoms with Gasteiger partial charge in [-0.1, -0.05) is 6.07 Å². The van der Waals surface area contributed by atoms with Crippen molar-refractivity contribution in [2.75, 3.05) is 33.0 Å². The van der Waals surface area contributed by atoms with Gasteiger partial charge in [-0.25, -0.2) is 4.79 Å². The molecule has 0 aliphatic rings. The molecule has 2 aromatic carbocycles. The van der Waals surface area contributed by atoms with E-state index in [1.54, 1.807) is 24.3 Å². The van der Waals surface area contributed by atoms with Gasteiger partial charge in [0.1, 0.15) is 5.75 Å². The molecular formula is C22H26N3O3+. The quantitative estimate of drug-likeness (QED) is 0.390. The van der Waals surface area contributed by atoms with Gasteiger partial charge in [0.25, 0.3) is 0 Å². The molecule has 0 aliphatic carbocycles. The number of nitrogens with zero attached hydrogens (tertiary/aromatic N) is 1. The molecule has 0 saturated heterocycles. The number of quaternary nitrogens is 1. The van der Waals surface area contributed by atoms with Gasteiger partial charge in [0.15, 0.2) is 0 Å². The van der Waals surface area contributed by atoms with Crippen molar-refractivity contribution in [3.63, 3.8) is 0 Å². The van der Waals surface area contributed by atoms with E-state index < -0.39 is 5.97 Å². The number of amides is 1. The highest BCUT2D eigenvalue weighted by Gasteiger charge is 2.16. The van der Waals surface area contributed by atoms with Crippen LogP contribution in [0.1, 0.15) is 22.8 Å². The van der Waals surface area contributed by atoms with Crippen LogP contribution in [0.15, 0.2) is 48.7 Å². The molecule has 1 amide bonds. The van der Waals surface area contributed by atoms with Crippen LogP contribution in [0.2, 0.25) is 0 Å². The molecule has 0 atom stereocenters. The first-order valence-corrected chi connectivity index (χ1v) is 9.22. The highest BCUT2D eigenvalue weighted by atomic mass is 16.5. The molecule has 0 aliphatic heterocycles. The Labute approximate surface area is 164 Å². The first-order chi connectivity index (χ1) is 13.2. The minimum atomic E-state index is -0.430. The van der Waals surface area contributed by atoms with Gasteiger partial charge < -0.3 is 19.5 Å². The number of carbonyl (C=O) groups is 2. The number of fused-ring (bicyclic) bond motifs is 1. The predicted molar refractivity (Wildman–Crippen MR) is 111 cm³/mol. The molecule has 2 N–H and O–H groups in total. The van der Waals surface area contributed by atoms with Crippen molar-refractivity contribution in [3.8, 4) is 5.75 Å². The number of aromatic amines is 1. The fourth-order valence-electron chi connectivity index (χ4n) is 3.01. The number of hydrogen-bond acceptors (Lipinski definition) is 3. The second kappa shape index (κ2) is 7.86. The van der Waals surface area contributed by atoms with Crippen LogP contribution in [-0.4, -0.2) is 49.0 Å². The number of nitrogens with one attached hydrogen (secondary N) is 2. The molecular weight excluding hydrogens is 354 g/mol. The van der Waals surface area contributed by atoms with Crippen molar-refractivity contribution < 1.29 is 18.8 Å². The zero-order valence-corrected chi connectivity index (χ0v) is 16.7. The van der Waals surface area contributed by atoms with Crippen LogP contribution in [0.4, 0.5) is 5.69 Å². The standard InChI is InChI=1S/C22H25N3O3/c1-15(26)24-18-10-8-16(9-11-18)22(27)28-20-7-5-6-19-21(20)17(14-23-19)12-13-25(2,3)4/h5-11,14,23H,12-13H2,1-4H3/p+1. The van der Waals surface area contributed by atoms with Gasteiger partial charge in [0.05, 0.1) is 33.3 Å². The lowest BCUT2D eigenvalue weighted by Crippen LogP contribution is -2.36. The molecule has 0 saturated carbocycles. The van der Waals surface area contributed by atoms with Crippen molar-refractivity contribution in [2.45, 2.75) is 13.3 Å². The van der Waals surface area contributed by atoms with Crippen molar-refractivity contribution in [2.24, 2.45) is 0 Å². The van der Waals surface area contributed by atoms with Gasteiger partial charge in [-0.05, 0) is 42.0 Å². The second-order valence-electron chi connectivity index (χ2n) is 7.90. The molecule has 0 fully saturated rings. The summed E-state index contributed by atoms with van der Waals surface area (Å²) in [6.45, 7) is 2.41. The van der Waals surface area contributed by atoms with Gasteiger partial charge in [0, 0.05) is 36.1 Å². The van der Waals surface area contributed by atoms with Crippen LogP contribution in [0.25, 0.3) is 10.9 Å². The normalized spacial score (nSPS) is 11.4. The molecule has 3 rings (SSSR count). The van der Waals surface area contributed by atoms with E-state index in [9.17, 15) is 9.59 Å². The van der Waals surface area contributed by atoms with Crippen LogP contribution in [-0.2, 0) is 11.2 Å². The lowest BCUT2D eigenvalue weighted by molar-refractivity contribution is -0.870. The molecule has 1 aromatic heterocycles. The highest BCUT2D eigenvalue weighted by Crippen LogP contribution is 2.30. The molecule has 146 valence electrons. The zero-order valence-electron chi connectivity index (χ0n) is 16.7. The first kappa shape index (κ1) is 19.6. The van der Waals surface area contributed by atoms with Crippen LogP contribution in [0.3, 0.4) is 0 Å². The lowest BCUT2D eigenvalue weighted by Gasteiger charge is -2.23. The fraction of sp³-hybridized carbons (Fsp3) is 0.273. The van der Waals surface area contributed by atoms with Gasteiger partial charge in [-0.3, -0.25) is 4.79 Å². The summed E-state index contributed by atoms with van der Waals surface area (Å²) in [6, 6.07) is 12.3. The van der Waals surface area contributed by atoms with Gasteiger partial charge in [-0.2, -0.15) is 0 Å². The Balaban J connectivity index is 1.82. The summed E-state index contributed by atoms with van der Waals surface area (Å²) in [6.07, 6.45) is 2.86. The van der Waals surface area contributed by atoms with Crippen molar-refractivity contribution in [1.82, 2.24) is 4.98 Å². The molecule has 0 bridgehead atoms. The summed E-state index contributed by atoms with van der Waals surface area (Å²) < 4.78 is 6.57. The average molecular weight is 380 g/mol. The number of likely N-dealkylation sites (N-methyl/N-ethyl adjacent to an activating group) is 1. The molecule has 0 unspecified atom stereocenters.